The Morgan fingerprint density at radius 1 is 0.619 bits per heavy atom. The van der Waals surface area contributed by atoms with E-state index in [1.54, 1.807) is 0 Å². The second-order valence-corrected chi connectivity index (χ2v) is 9.04. The van der Waals surface area contributed by atoms with E-state index in [-0.39, 0.29) is 11.2 Å². The summed E-state index contributed by atoms with van der Waals surface area (Å²) in [6.07, 6.45) is 16.9. The Hall–Kier alpha value is -0.0400. The van der Waals surface area contributed by atoms with Crippen molar-refractivity contribution in [2.24, 2.45) is 11.8 Å². The molecule has 0 unspecified atom stereocenters. The van der Waals surface area contributed by atoms with E-state index in [9.17, 15) is 0 Å². The molecule has 2 fully saturated rings. The molecular formula is C20H38O. The summed E-state index contributed by atoms with van der Waals surface area (Å²) in [6.45, 7) is 9.29. The SMILES string of the molecule is CC(C)(CC1CCCCC1)OC(C)(C)CC1CCCCC1. The minimum Gasteiger partial charge on any atom is -0.370 e. The summed E-state index contributed by atoms with van der Waals surface area (Å²) < 4.78 is 6.63. The van der Waals surface area contributed by atoms with Gasteiger partial charge in [-0.05, 0) is 52.4 Å². The van der Waals surface area contributed by atoms with Crippen LogP contribution in [0.1, 0.15) is 105 Å². The van der Waals surface area contributed by atoms with Gasteiger partial charge in [0.15, 0.2) is 0 Å². The maximum Gasteiger partial charge on any atom is 0.0636 e. The van der Waals surface area contributed by atoms with Crippen molar-refractivity contribution < 1.29 is 4.74 Å². The Morgan fingerprint density at radius 2 is 0.952 bits per heavy atom. The maximum absolute atomic E-state index is 6.63. The average molecular weight is 295 g/mol. The molecule has 0 aromatic heterocycles. The first kappa shape index (κ1) is 17.3. The van der Waals surface area contributed by atoms with Gasteiger partial charge >= 0.3 is 0 Å². The van der Waals surface area contributed by atoms with Crippen LogP contribution in [0.15, 0.2) is 0 Å². The number of ether oxygens (including phenoxy) is 1. The summed E-state index contributed by atoms with van der Waals surface area (Å²) in [6, 6.07) is 0. The minimum absolute atomic E-state index is 0.0418. The lowest BCUT2D eigenvalue weighted by Crippen LogP contribution is -2.40. The summed E-state index contributed by atoms with van der Waals surface area (Å²) in [5.74, 6) is 1.80. The Morgan fingerprint density at radius 3 is 1.29 bits per heavy atom. The number of hydrogen-bond donors (Lipinski definition) is 0. The molecule has 124 valence electrons. The van der Waals surface area contributed by atoms with E-state index in [1.165, 1.54) is 77.0 Å². The third kappa shape index (κ3) is 6.30. The van der Waals surface area contributed by atoms with Gasteiger partial charge in [0.25, 0.3) is 0 Å². The van der Waals surface area contributed by atoms with E-state index in [2.05, 4.69) is 27.7 Å². The molecule has 2 aliphatic carbocycles. The zero-order valence-corrected chi connectivity index (χ0v) is 15.0. The van der Waals surface area contributed by atoms with Crippen LogP contribution >= 0.6 is 0 Å². The molecule has 0 aliphatic heterocycles. The van der Waals surface area contributed by atoms with Crippen molar-refractivity contribution in [2.75, 3.05) is 0 Å². The largest absolute Gasteiger partial charge is 0.370 e. The fraction of sp³-hybridized carbons (Fsp3) is 1.00. The molecule has 0 N–H and O–H groups in total. The Balaban J connectivity index is 1.81. The molecule has 2 saturated carbocycles. The van der Waals surface area contributed by atoms with Gasteiger partial charge in [-0.25, -0.2) is 0 Å². The standard InChI is InChI=1S/C20H38O/c1-19(2,15-17-11-7-5-8-12-17)21-20(3,4)16-18-13-9-6-10-14-18/h17-18H,5-16H2,1-4H3. The fourth-order valence-corrected chi connectivity index (χ4v) is 5.00. The van der Waals surface area contributed by atoms with Crippen LogP contribution in [-0.2, 0) is 4.74 Å². The number of hydrogen-bond acceptors (Lipinski definition) is 1. The topological polar surface area (TPSA) is 9.23 Å². The van der Waals surface area contributed by atoms with E-state index < -0.39 is 0 Å². The molecule has 0 heterocycles. The van der Waals surface area contributed by atoms with Crippen molar-refractivity contribution in [2.45, 2.75) is 116 Å². The first-order chi connectivity index (χ1) is 9.86. The van der Waals surface area contributed by atoms with E-state index in [0.29, 0.717) is 0 Å². The van der Waals surface area contributed by atoms with E-state index in [0.717, 1.165) is 11.8 Å². The van der Waals surface area contributed by atoms with Gasteiger partial charge in [-0.1, -0.05) is 64.2 Å². The summed E-state index contributed by atoms with van der Waals surface area (Å²) >= 11 is 0. The summed E-state index contributed by atoms with van der Waals surface area (Å²) in [5, 5.41) is 0. The monoisotopic (exact) mass is 294 g/mol. The summed E-state index contributed by atoms with van der Waals surface area (Å²) in [5.41, 5.74) is 0.0837. The van der Waals surface area contributed by atoms with Gasteiger partial charge in [0.1, 0.15) is 0 Å². The van der Waals surface area contributed by atoms with Gasteiger partial charge in [0.2, 0.25) is 0 Å². The highest BCUT2D eigenvalue weighted by molar-refractivity contribution is 4.83. The molecule has 2 rings (SSSR count). The van der Waals surface area contributed by atoms with Gasteiger partial charge in [0.05, 0.1) is 11.2 Å². The van der Waals surface area contributed by atoms with Crippen molar-refractivity contribution >= 4 is 0 Å². The maximum atomic E-state index is 6.63. The lowest BCUT2D eigenvalue weighted by molar-refractivity contribution is -0.142. The predicted molar refractivity (Wildman–Crippen MR) is 91.6 cm³/mol. The quantitative estimate of drug-likeness (QED) is 0.543. The zero-order chi connectivity index (χ0) is 15.3. The molecule has 1 heteroatoms. The van der Waals surface area contributed by atoms with Crippen LogP contribution in [0.3, 0.4) is 0 Å². The first-order valence-electron chi connectivity index (χ1n) is 9.56. The molecule has 0 spiro atoms. The molecule has 0 aromatic carbocycles. The molecule has 2 aliphatic rings. The van der Waals surface area contributed by atoms with Crippen LogP contribution in [0.4, 0.5) is 0 Å². The molecule has 0 amide bonds. The van der Waals surface area contributed by atoms with Gasteiger partial charge in [-0.15, -0.1) is 0 Å². The molecule has 0 radical (unpaired) electrons. The normalized spacial score (nSPS) is 23.4. The van der Waals surface area contributed by atoms with Crippen molar-refractivity contribution in [3.63, 3.8) is 0 Å². The van der Waals surface area contributed by atoms with Crippen molar-refractivity contribution in [3.05, 3.63) is 0 Å². The Labute approximate surface area is 133 Å². The predicted octanol–water partition coefficient (Wildman–Crippen LogP) is 6.50. The zero-order valence-electron chi connectivity index (χ0n) is 15.0. The van der Waals surface area contributed by atoms with Crippen LogP contribution < -0.4 is 0 Å². The van der Waals surface area contributed by atoms with Crippen LogP contribution in [-0.4, -0.2) is 11.2 Å². The van der Waals surface area contributed by atoms with Crippen LogP contribution in [0, 0.1) is 11.8 Å². The molecule has 0 saturated heterocycles. The lowest BCUT2D eigenvalue weighted by Gasteiger charge is -2.41. The number of rotatable bonds is 6. The molecular weight excluding hydrogens is 256 g/mol. The molecule has 21 heavy (non-hydrogen) atoms. The lowest BCUT2D eigenvalue weighted by atomic mass is 9.80. The molecule has 0 atom stereocenters. The van der Waals surface area contributed by atoms with Gasteiger partial charge in [0, 0.05) is 0 Å². The summed E-state index contributed by atoms with van der Waals surface area (Å²) in [4.78, 5) is 0. The van der Waals surface area contributed by atoms with Crippen LogP contribution in [0.25, 0.3) is 0 Å². The Kier molecular flexibility index (Phi) is 6.17. The van der Waals surface area contributed by atoms with Crippen LogP contribution in [0.5, 0.6) is 0 Å². The molecule has 1 nitrogen and oxygen atoms in total. The van der Waals surface area contributed by atoms with E-state index in [1.807, 2.05) is 0 Å². The van der Waals surface area contributed by atoms with E-state index >= 15 is 0 Å². The third-order valence-electron chi connectivity index (χ3n) is 5.56. The van der Waals surface area contributed by atoms with Crippen molar-refractivity contribution in [3.8, 4) is 0 Å². The third-order valence-corrected chi connectivity index (χ3v) is 5.56. The van der Waals surface area contributed by atoms with E-state index in [4.69, 9.17) is 4.74 Å². The Bertz CT molecular complexity index is 263. The highest BCUT2D eigenvalue weighted by Crippen LogP contribution is 2.37. The highest BCUT2D eigenvalue weighted by atomic mass is 16.5. The minimum atomic E-state index is 0.0418. The average Bonchev–Trinajstić information content (AvgIpc) is 2.38. The van der Waals surface area contributed by atoms with Crippen LogP contribution in [0.2, 0.25) is 0 Å². The van der Waals surface area contributed by atoms with Crippen molar-refractivity contribution in [1.29, 1.82) is 0 Å². The first-order valence-corrected chi connectivity index (χ1v) is 9.56. The molecule has 0 bridgehead atoms. The fourth-order valence-electron chi connectivity index (χ4n) is 5.00. The van der Waals surface area contributed by atoms with Gasteiger partial charge in [-0.3, -0.25) is 0 Å². The van der Waals surface area contributed by atoms with Gasteiger partial charge in [-0.2, -0.15) is 0 Å². The highest BCUT2D eigenvalue weighted by Gasteiger charge is 2.33. The summed E-state index contributed by atoms with van der Waals surface area (Å²) in [7, 11) is 0. The second kappa shape index (κ2) is 7.49. The van der Waals surface area contributed by atoms with Gasteiger partial charge < -0.3 is 4.74 Å². The smallest absolute Gasteiger partial charge is 0.0636 e. The van der Waals surface area contributed by atoms with Crippen molar-refractivity contribution in [1.82, 2.24) is 0 Å². The second-order valence-electron chi connectivity index (χ2n) is 9.04. The molecule has 0 aromatic rings.